The molecule has 1 heterocycles. The van der Waals surface area contributed by atoms with Crippen LogP contribution in [-0.2, 0) is 22.4 Å². The van der Waals surface area contributed by atoms with Gasteiger partial charge in [-0.15, -0.1) is 0 Å². The summed E-state index contributed by atoms with van der Waals surface area (Å²) in [5.41, 5.74) is 4.72. The monoisotopic (exact) mass is 314 g/mol. The van der Waals surface area contributed by atoms with E-state index in [9.17, 15) is 4.79 Å². The van der Waals surface area contributed by atoms with E-state index in [4.69, 9.17) is 9.15 Å². The van der Waals surface area contributed by atoms with Gasteiger partial charge in [0.2, 0.25) is 0 Å². The molecular formula is C20H26O3. The maximum absolute atomic E-state index is 12.1. The summed E-state index contributed by atoms with van der Waals surface area (Å²) in [6.45, 7) is 10.3. The first-order valence-corrected chi connectivity index (χ1v) is 8.46. The predicted molar refractivity (Wildman–Crippen MR) is 90.1 cm³/mol. The van der Waals surface area contributed by atoms with E-state index in [0.717, 1.165) is 25.0 Å². The van der Waals surface area contributed by atoms with Gasteiger partial charge in [-0.1, -0.05) is 31.6 Å². The fourth-order valence-corrected chi connectivity index (χ4v) is 3.89. The SMILES string of the molecule is CC=C(C)C(=O)OC1CC=C2Cc3occ(C)c3CC2(C)C1C. The van der Waals surface area contributed by atoms with E-state index in [1.165, 1.54) is 16.7 Å². The maximum Gasteiger partial charge on any atom is 0.333 e. The number of allylic oxidation sites excluding steroid dienone is 2. The van der Waals surface area contributed by atoms with Crippen molar-refractivity contribution in [2.45, 2.75) is 60.0 Å². The molecule has 0 aromatic carbocycles. The van der Waals surface area contributed by atoms with E-state index in [2.05, 4.69) is 26.8 Å². The summed E-state index contributed by atoms with van der Waals surface area (Å²) in [5, 5.41) is 0. The average Bonchev–Trinajstić information content (AvgIpc) is 2.88. The normalized spacial score (nSPS) is 30.3. The maximum atomic E-state index is 12.1. The molecule has 124 valence electrons. The van der Waals surface area contributed by atoms with Gasteiger partial charge < -0.3 is 9.15 Å². The van der Waals surface area contributed by atoms with Crippen molar-refractivity contribution in [3.8, 4) is 0 Å². The Morgan fingerprint density at radius 3 is 2.91 bits per heavy atom. The van der Waals surface area contributed by atoms with Crippen molar-refractivity contribution in [3.63, 3.8) is 0 Å². The number of ether oxygens (including phenoxy) is 1. The van der Waals surface area contributed by atoms with E-state index in [1.807, 2.05) is 13.2 Å². The Morgan fingerprint density at radius 1 is 1.48 bits per heavy atom. The highest BCUT2D eigenvalue weighted by molar-refractivity contribution is 5.87. The molecule has 0 radical (unpaired) electrons. The van der Waals surface area contributed by atoms with Crippen LogP contribution in [0.2, 0.25) is 0 Å². The van der Waals surface area contributed by atoms with Crippen LogP contribution in [-0.4, -0.2) is 12.1 Å². The van der Waals surface area contributed by atoms with Gasteiger partial charge in [0.25, 0.3) is 0 Å². The van der Waals surface area contributed by atoms with Gasteiger partial charge in [0.15, 0.2) is 0 Å². The molecule has 3 atom stereocenters. The molecule has 2 aliphatic carbocycles. The molecule has 0 amide bonds. The first-order valence-electron chi connectivity index (χ1n) is 8.46. The number of hydrogen-bond acceptors (Lipinski definition) is 3. The molecule has 0 N–H and O–H groups in total. The van der Waals surface area contributed by atoms with Crippen LogP contribution in [0.25, 0.3) is 0 Å². The summed E-state index contributed by atoms with van der Waals surface area (Å²) < 4.78 is 11.5. The molecule has 3 unspecified atom stereocenters. The molecule has 0 spiro atoms. The van der Waals surface area contributed by atoms with Gasteiger partial charge in [-0.3, -0.25) is 0 Å². The fourth-order valence-electron chi connectivity index (χ4n) is 3.89. The second-order valence-electron chi connectivity index (χ2n) is 7.26. The van der Waals surface area contributed by atoms with Crippen molar-refractivity contribution in [3.05, 3.63) is 46.4 Å². The standard InChI is InChI=1S/C20H26O3/c1-6-12(2)19(21)23-17-8-7-15-9-18-16(13(3)11-22-18)10-20(15,5)14(17)4/h6-7,11,14,17H,8-10H2,1-5H3. The van der Waals surface area contributed by atoms with Crippen molar-refractivity contribution in [1.82, 2.24) is 0 Å². The molecule has 3 rings (SSSR count). The third kappa shape index (κ3) is 2.56. The van der Waals surface area contributed by atoms with Gasteiger partial charge in [-0.25, -0.2) is 4.79 Å². The molecular weight excluding hydrogens is 288 g/mol. The first kappa shape index (κ1) is 16.1. The lowest BCUT2D eigenvalue weighted by molar-refractivity contribution is -0.149. The first-order chi connectivity index (χ1) is 10.9. The number of rotatable bonds is 2. The molecule has 0 bridgehead atoms. The molecule has 1 aromatic heterocycles. The molecule has 3 heteroatoms. The number of hydrogen-bond donors (Lipinski definition) is 0. The molecule has 23 heavy (non-hydrogen) atoms. The van der Waals surface area contributed by atoms with Gasteiger partial charge in [0.1, 0.15) is 11.9 Å². The lowest BCUT2D eigenvalue weighted by atomic mass is 9.59. The van der Waals surface area contributed by atoms with Crippen LogP contribution in [0.3, 0.4) is 0 Å². The number of esters is 1. The molecule has 0 saturated carbocycles. The summed E-state index contributed by atoms with van der Waals surface area (Å²) >= 11 is 0. The van der Waals surface area contributed by atoms with E-state index in [0.29, 0.717) is 11.5 Å². The van der Waals surface area contributed by atoms with Crippen LogP contribution in [0.15, 0.2) is 34.0 Å². The largest absolute Gasteiger partial charge is 0.468 e. The highest BCUT2D eigenvalue weighted by Crippen LogP contribution is 2.50. The summed E-state index contributed by atoms with van der Waals surface area (Å²) in [6, 6.07) is 0. The zero-order valence-electron chi connectivity index (χ0n) is 14.7. The minimum atomic E-state index is -0.194. The van der Waals surface area contributed by atoms with Crippen molar-refractivity contribution in [2.75, 3.05) is 0 Å². The van der Waals surface area contributed by atoms with Gasteiger partial charge in [0, 0.05) is 24.3 Å². The predicted octanol–water partition coefficient (Wildman–Crippen LogP) is 4.54. The van der Waals surface area contributed by atoms with Crippen molar-refractivity contribution >= 4 is 5.97 Å². The van der Waals surface area contributed by atoms with Crippen molar-refractivity contribution < 1.29 is 13.9 Å². The minimum absolute atomic E-state index is 0.0364. The number of furan rings is 1. The lowest BCUT2D eigenvalue weighted by Crippen LogP contribution is -2.44. The Labute approximate surface area is 138 Å². The molecule has 2 aliphatic rings. The Hall–Kier alpha value is -1.77. The minimum Gasteiger partial charge on any atom is -0.468 e. The Bertz CT molecular complexity index is 692. The quantitative estimate of drug-likeness (QED) is 0.457. The van der Waals surface area contributed by atoms with Gasteiger partial charge >= 0.3 is 5.97 Å². The van der Waals surface area contributed by atoms with Crippen LogP contribution >= 0.6 is 0 Å². The van der Waals surface area contributed by atoms with Crippen molar-refractivity contribution in [2.24, 2.45) is 11.3 Å². The topological polar surface area (TPSA) is 39.4 Å². The van der Waals surface area contributed by atoms with Crippen LogP contribution in [0, 0.1) is 18.3 Å². The zero-order chi connectivity index (χ0) is 16.8. The van der Waals surface area contributed by atoms with Crippen molar-refractivity contribution in [1.29, 1.82) is 0 Å². The third-order valence-electron chi connectivity index (χ3n) is 5.99. The molecule has 3 nitrogen and oxygen atoms in total. The van der Waals surface area contributed by atoms with Gasteiger partial charge in [-0.05, 0) is 43.7 Å². The lowest BCUT2D eigenvalue weighted by Gasteiger charge is -2.47. The second-order valence-corrected chi connectivity index (χ2v) is 7.26. The molecule has 0 saturated heterocycles. The van der Waals surface area contributed by atoms with E-state index in [1.54, 1.807) is 13.0 Å². The van der Waals surface area contributed by atoms with E-state index in [-0.39, 0.29) is 17.5 Å². The number of carbonyl (C=O) groups excluding carboxylic acids is 1. The van der Waals surface area contributed by atoms with Gasteiger partial charge in [0.05, 0.1) is 6.26 Å². The Kier molecular flexibility index (Phi) is 3.99. The van der Waals surface area contributed by atoms with Crippen LogP contribution in [0.1, 0.15) is 51.0 Å². The second kappa shape index (κ2) is 5.70. The zero-order valence-corrected chi connectivity index (χ0v) is 14.7. The fraction of sp³-hybridized carbons (Fsp3) is 0.550. The highest BCUT2D eigenvalue weighted by atomic mass is 16.5. The van der Waals surface area contributed by atoms with Crippen LogP contribution < -0.4 is 0 Å². The number of fused-ring (bicyclic) bond motifs is 2. The highest BCUT2D eigenvalue weighted by Gasteiger charge is 2.46. The summed E-state index contributed by atoms with van der Waals surface area (Å²) in [4.78, 5) is 12.1. The summed E-state index contributed by atoms with van der Waals surface area (Å²) in [5.74, 6) is 1.21. The summed E-state index contributed by atoms with van der Waals surface area (Å²) in [6.07, 6.45) is 8.53. The Balaban J connectivity index is 1.87. The molecule has 0 fully saturated rings. The van der Waals surface area contributed by atoms with Crippen LogP contribution in [0.4, 0.5) is 0 Å². The Morgan fingerprint density at radius 2 is 2.22 bits per heavy atom. The number of carbonyl (C=O) groups is 1. The van der Waals surface area contributed by atoms with E-state index >= 15 is 0 Å². The van der Waals surface area contributed by atoms with E-state index < -0.39 is 0 Å². The smallest absolute Gasteiger partial charge is 0.333 e. The third-order valence-corrected chi connectivity index (χ3v) is 5.99. The molecule has 1 aromatic rings. The summed E-state index contributed by atoms with van der Waals surface area (Å²) in [7, 11) is 0. The van der Waals surface area contributed by atoms with Crippen LogP contribution in [0.5, 0.6) is 0 Å². The molecule has 0 aliphatic heterocycles. The number of aryl methyl sites for hydroxylation is 1. The van der Waals surface area contributed by atoms with Gasteiger partial charge in [-0.2, -0.15) is 0 Å². The average molecular weight is 314 g/mol.